The number of alkyl halides is 2. The van der Waals surface area contributed by atoms with Crippen LogP contribution < -0.4 is 25.4 Å². The number of halogens is 3. The Morgan fingerprint density at radius 3 is 2.40 bits per heavy atom. The molecule has 23 heteroatoms. The van der Waals surface area contributed by atoms with E-state index in [-0.39, 0.29) is 65.1 Å². The maximum Gasteiger partial charge on any atom is 0.355 e. The molecule has 0 spiro atoms. The van der Waals surface area contributed by atoms with Crippen molar-refractivity contribution < 1.29 is 50.3 Å². The second-order valence-corrected chi connectivity index (χ2v) is 20.2. The standard InChI is InChI=1S/C49H48F3N11O8S/c1-25(26-7-10-30(50)11-8-26)71-38-21-27(9-12-35(38)58-72(69,70)49(51)52)42-41-43(60(3)57-42)34(23-54-44(41)53)29-22-55-62(24-29)31-15-17-61(18-16-31)46(66)28-19-32(20-28)59(2)36-6-4-5-33-40(36)48(68)63(47(33)67)37-13-14-39(64)56-45(37)65/h4-12,21-25,28,31-32,37,49,58H,13-20H2,1-3H3,(H2,53,54)(H,56,64,65)/t25-,28-,32-,37?/m0/s1. The molecule has 0 radical (unpaired) electrons. The highest BCUT2D eigenvalue weighted by molar-refractivity contribution is 7.93. The molecule has 2 saturated heterocycles. The van der Waals surface area contributed by atoms with Crippen LogP contribution in [0.3, 0.4) is 0 Å². The highest BCUT2D eigenvalue weighted by Gasteiger charge is 2.47. The van der Waals surface area contributed by atoms with Crippen LogP contribution in [0.15, 0.2) is 79.3 Å². The van der Waals surface area contributed by atoms with Crippen molar-refractivity contribution in [2.24, 2.45) is 13.0 Å². The number of fused-ring (bicyclic) bond motifs is 2. The average molecular weight is 1010 g/mol. The Kier molecular flexibility index (Phi) is 12.2. The summed E-state index contributed by atoms with van der Waals surface area (Å²) in [4.78, 5) is 74.6. The maximum atomic E-state index is 13.8. The summed E-state index contributed by atoms with van der Waals surface area (Å²) in [6, 6.07) is 13.5. The van der Waals surface area contributed by atoms with E-state index >= 15 is 0 Å². The van der Waals surface area contributed by atoms with Crippen LogP contribution in [0.2, 0.25) is 0 Å². The molecule has 19 nitrogen and oxygen atoms in total. The van der Waals surface area contributed by atoms with Gasteiger partial charge in [-0.1, -0.05) is 24.3 Å². The monoisotopic (exact) mass is 1010 g/mol. The molecule has 6 heterocycles. The van der Waals surface area contributed by atoms with E-state index in [1.54, 1.807) is 49.2 Å². The number of pyridine rings is 1. The number of aromatic nitrogens is 5. The first-order chi connectivity index (χ1) is 34.4. The van der Waals surface area contributed by atoms with Gasteiger partial charge in [-0.05, 0) is 81.0 Å². The van der Waals surface area contributed by atoms with E-state index in [4.69, 9.17) is 20.7 Å². The number of anilines is 3. The lowest BCUT2D eigenvalue weighted by Gasteiger charge is -2.44. The van der Waals surface area contributed by atoms with Gasteiger partial charge in [0.2, 0.25) is 17.7 Å². The number of benzene rings is 3. The zero-order valence-electron chi connectivity index (χ0n) is 39.1. The summed E-state index contributed by atoms with van der Waals surface area (Å²) in [5, 5.41) is 12.2. The molecular formula is C49H48F3N11O8S. The second kappa shape index (κ2) is 18.4. The van der Waals surface area contributed by atoms with Gasteiger partial charge in [0.05, 0.1) is 45.6 Å². The number of carbonyl (C=O) groups is 5. The lowest BCUT2D eigenvalue weighted by atomic mass is 9.78. The molecule has 6 aromatic rings. The number of ether oxygens (including phenoxy) is 1. The van der Waals surface area contributed by atoms with E-state index in [9.17, 15) is 45.6 Å². The third-order valence-corrected chi connectivity index (χ3v) is 15.1. The summed E-state index contributed by atoms with van der Waals surface area (Å²) in [6.07, 6.45) is 6.97. The van der Waals surface area contributed by atoms with Gasteiger partial charge in [0.1, 0.15) is 35.2 Å². The first kappa shape index (κ1) is 47.8. The van der Waals surface area contributed by atoms with Crippen LogP contribution in [0.1, 0.15) is 83.9 Å². The fourth-order valence-corrected chi connectivity index (χ4v) is 10.7. The highest BCUT2D eigenvalue weighted by atomic mass is 32.2. The number of nitrogens with one attached hydrogen (secondary N) is 2. The van der Waals surface area contributed by atoms with Crippen LogP contribution >= 0.6 is 0 Å². The summed E-state index contributed by atoms with van der Waals surface area (Å²) >= 11 is 0. The van der Waals surface area contributed by atoms with Crippen LogP contribution in [0, 0.1) is 11.7 Å². The second-order valence-electron chi connectivity index (χ2n) is 18.5. The number of likely N-dealkylation sites (tertiary alicyclic amines) is 1. The molecule has 3 aromatic carbocycles. The fraction of sp³-hybridized carbons (Fsp3) is 0.347. The van der Waals surface area contributed by atoms with Gasteiger partial charge in [-0.3, -0.25) is 48.3 Å². The largest absolute Gasteiger partial charge is 0.484 e. The number of aryl methyl sites for hydroxylation is 1. The summed E-state index contributed by atoms with van der Waals surface area (Å²) in [7, 11) is -1.53. The normalized spacial score (nSPS) is 19.9. The quantitative estimate of drug-likeness (QED) is 0.116. The Balaban J connectivity index is 0.808. The van der Waals surface area contributed by atoms with E-state index < -0.39 is 57.4 Å². The van der Waals surface area contributed by atoms with Gasteiger partial charge in [-0.2, -0.15) is 19.0 Å². The van der Waals surface area contributed by atoms with Gasteiger partial charge in [0.25, 0.3) is 21.8 Å². The molecule has 72 heavy (non-hydrogen) atoms. The molecular weight excluding hydrogens is 960 g/mol. The molecule has 3 fully saturated rings. The molecule has 0 bridgehead atoms. The van der Waals surface area contributed by atoms with Crippen molar-refractivity contribution in [2.75, 3.05) is 35.5 Å². The summed E-state index contributed by atoms with van der Waals surface area (Å²) in [6.45, 7) is 2.68. The number of piperidine rings is 2. The molecule has 1 saturated carbocycles. The lowest BCUT2D eigenvalue weighted by Crippen LogP contribution is -2.54. The van der Waals surface area contributed by atoms with Crippen LogP contribution in [0.25, 0.3) is 33.3 Å². The van der Waals surface area contributed by atoms with Crippen molar-refractivity contribution in [3.63, 3.8) is 0 Å². The topological polar surface area (TPSA) is 237 Å². The fourth-order valence-electron chi connectivity index (χ4n) is 10.2. The molecule has 4 N–H and O–H groups in total. The minimum absolute atomic E-state index is 0.0145. The third-order valence-electron chi connectivity index (χ3n) is 14.2. The molecule has 2 atom stereocenters. The highest BCUT2D eigenvalue weighted by Crippen LogP contribution is 2.43. The third kappa shape index (κ3) is 8.53. The minimum Gasteiger partial charge on any atom is -0.484 e. The van der Waals surface area contributed by atoms with Crippen molar-refractivity contribution in [1.82, 2.24) is 39.7 Å². The maximum absolute atomic E-state index is 13.8. The van der Waals surface area contributed by atoms with Crippen LogP contribution in [0.4, 0.5) is 30.4 Å². The molecule has 4 aliphatic rings. The number of carbonyl (C=O) groups excluding carboxylic acids is 5. The number of nitrogens with zero attached hydrogens (tertiary/aromatic N) is 8. The van der Waals surface area contributed by atoms with E-state index in [1.165, 1.54) is 42.5 Å². The summed E-state index contributed by atoms with van der Waals surface area (Å²) < 4.78 is 76.8. The smallest absolute Gasteiger partial charge is 0.355 e. The summed E-state index contributed by atoms with van der Waals surface area (Å²) in [5.41, 5.74) is 10.5. The van der Waals surface area contributed by atoms with Crippen molar-refractivity contribution in [2.45, 2.75) is 75.4 Å². The molecule has 3 aromatic heterocycles. The zero-order chi connectivity index (χ0) is 50.9. The Hall–Kier alpha value is -7.82. The number of amides is 5. The SMILES string of the molecule is C[C@H](Oc1cc(-c2nn(C)c3c(-c4cnn(C5CCN(C(=O)[C@H]6C[C@H](N(C)c7cccc8c7C(=O)N(C7CCC(=O)NC7=O)C8=O)C6)CC5)c4)cnc(N)c23)ccc1NS(=O)(=O)C(F)F)c1ccc(F)cc1. The molecule has 1 aliphatic carbocycles. The number of hydrogen-bond donors (Lipinski definition) is 3. The van der Waals surface area contributed by atoms with Gasteiger partial charge in [-0.15, -0.1) is 0 Å². The van der Waals surface area contributed by atoms with Crippen molar-refractivity contribution in [3.8, 4) is 28.1 Å². The van der Waals surface area contributed by atoms with Crippen molar-refractivity contribution >= 4 is 67.7 Å². The van der Waals surface area contributed by atoms with Crippen molar-refractivity contribution in [3.05, 3.63) is 102 Å². The average Bonchev–Trinajstić information content (AvgIpc) is 4.04. The number of hydrogen-bond acceptors (Lipinski definition) is 13. The molecule has 3 aliphatic heterocycles. The Bertz CT molecular complexity index is 3320. The van der Waals surface area contributed by atoms with Gasteiger partial charge >= 0.3 is 5.76 Å². The van der Waals surface area contributed by atoms with Gasteiger partial charge < -0.3 is 20.3 Å². The van der Waals surface area contributed by atoms with Gasteiger partial charge in [0, 0.05) is 74.6 Å². The molecule has 374 valence electrons. The van der Waals surface area contributed by atoms with Gasteiger partial charge in [0.15, 0.2) is 0 Å². The number of sulfonamides is 1. The summed E-state index contributed by atoms with van der Waals surface area (Å²) in [5.74, 6) is -6.59. The molecule has 1 unspecified atom stereocenters. The van der Waals surface area contributed by atoms with E-state index in [1.807, 2.05) is 32.4 Å². The van der Waals surface area contributed by atoms with Crippen LogP contribution in [-0.4, -0.2) is 110 Å². The number of rotatable bonds is 13. The predicted molar refractivity (Wildman–Crippen MR) is 256 cm³/mol. The Morgan fingerprint density at radius 1 is 0.958 bits per heavy atom. The number of nitrogen functional groups attached to an aromatic ring is 1. The lowest BCUT2D eigenvalue weighted by molar-refractivity contribution is -0.140. The van der Waals surface area contributed by atoms with Gasteiger partial charge in [-0.25, -0.2) is 17.8 Å². The Labute approximate surface area is 410 Å². The van der Waals surface area contributed by atoms with E-state index in [0.29, 0.717) is 77.7 Å². The molecule has 10 rings (SSSR count). The van der Waals surface area contributed by atoms with Crippen molar-refractivity contribution in [1.29, 1.82) is 0 Å². The first-order valence-corrected chi connectivity index (χ1v) is 24.8. The van der Waals surface area contributed by atoms with Crippen LogP contribution in [0.5, 0.6) is 5.75 Å². The first-order valence-electron chi connectivity index (χ1n) is 23.3. The minimum atomic E-state index is -5.09. The number of imide groups is 2. The molecule has 5 amide bonds. The van der Waals surface area contributed by atoms with Crippen LogP contribution in [-0.2, 0) is 31.5 Å². The number of nitrogens with two attached hydrogens (primary N) is 1. The Morgan fingerprint density at radius 2 is 1.69 bits per heavy atom. The van der Waals surface area contributed by atoms with E-state index in [0.717, 1.165) is 10.5 Å². The van der Waals surface area contributed by atoms with E-state index in [2.05, 4.69) is 10.3 Å². The predicted octanol–water partition coefficient (Wildman–Crippen LogP) is 5.80. The zero-order valence-corrected chi connectivity index (χ0v) is 39.9.